The number of guanidine groups is 1. The number of hydrogen-bond donors (Lipinski definition) is 1. The summed E-state index contributed by atoms with van der Waals surface area (Å²) in [7, 11) is 2.14. The Kier molecular flexibility index (Phi) is 7.81. The van der Waals surface area contributed by atoms with Crippen molar-refractivity contribution < 1.29 is 4.74 Å². The first-order valence-corrected chi connectivity index (χ1v) is 8.90. The van der Waals surface area contributed by atoms with Crippen molar-refractivity contribution in [2.75, 3.05) is 39.9 Å². The normalized spacial score (nSPS) is 25.9. The smallest absolute Gasteiger partial charge is 0.193 e. The van der Waals surface area contributed by atoms with E-state index in [1.807, 2.05) is 0 Å². The van der Waals surface area contributed by atoms with Gasteiger partial charge in [0.05, 0.1) is 6.61 Å². The Morgan fingerprint density at radius 2 is 2.12 bits per heavy atom. The average molecular weight is 443 g/mol. The highest BCUT2D eigenvalue weighted by molar-refractivity contribution is 14.0. The van der Waals surface area contributed by atoms with Crippen molar-refractivity contribution in [3.63, 3.8) is 0 Å². The molecule has 1 aliphatic carbocycles. The summed E-state index contributed by atoms with van der Waals surface area (Å²) < 4.78 is 5.48. The van der Waals surface area contributed by atoms with Crippen molar-refractivity contribution in [3.05, 3.63) is 35.9 Å². The van der Waals surface area contributed by atoms with Crippen LogP contribution in [0.25, 0.3) is 0 Å². The van der Waals surface area contributed by atoms with E-state index in [-0.39, 0.29) is 24.0 Å². The predicted molar refractivity (Wildman–Crippen MR) is 110 cm³/mol. The summed E-state index contributed by atoms with van der Waals surface area (Å²) in [5, 5.41) is 3.43. The minimum absolute atomic E-state index is 0. The number of aliphatic imine (C=N–C) groups is 1. The minimum Gasteiger partial charge on any atom is -0.381 e. The molecular formula is C19H30IN3O. The molecule has 1 heterocycles. The Hall–Kier alpha value is -0.820. The molecule has 0 radical (unpaired) electrons. The largest absolute Gasteiger partial charge is 0.381 e. The van der Waals surface area contributed by atoms with Crippen molar-refractivity contribution in [3.8, 4) is 0 Å². The van der Waals surface area contributed by atoms with Crippen LogP contribution in [0.4, 0.5) is 0 Å². The van der Waals surface area contributed by atoms with Gasteiger partial charge in [-0.3, -0.25) is 4.99 Å². The second-order valence-electron chi connectivity index (χ2n) is 6.82. The SMILES string of the molecule is CCNC(=NCC1CC1c1ccccc1)N(C)CC1CCOC1.I. The predicted octanol–water partition coefficient (Wildman–Crippen LogP) is 3.34. The zero-order valence-electron chi connectivity index (χ0n) is 14.8. The second-order valence-corrected chi connectivity index (χ2v) is 6.82. The second kappa shape index (κ2) is 9.61. The van der Waals surface area contributed by atoms with Gasteiger partial charge in [-0.05, 0) is 37.2 Å². The average Bonchev–Trinajstić information content (AvgIpc) is 3.18. The van der Waals surface area contributed by atoms with Gasteiger partial charge in [-0.1, -0.05) is 30.3 Å². The molecular weight excluding hydrogens is 413 g/mol. The molecule has 134 valence electrons. The number of nitrogens with zero attached hydrogens (tertiary/aromatic N) is 2. The van der Waals surface area contributed by atoms with Crippen LogP contribution in [-0.4, -0.2) is 50.8 Å². The third-order valence-corrected chi connectivity index (χ3v) is 4.88. The molecule has 1 aliphatic heterocycles. The molecule has 4 nitrogen and oxygen atoms in total. The molecule has 0 spiro atoms. The summed E-state index contributed by atoms with van der Waals surface area (Å²) in [6, 6.07) is 10.8. The van der Waals surface area contributed by atoms with E-state index in [2.05, 4.69) is 54.5 Å². The first-order valence-electron chi connectivity index (χ1n) is 8.90. The van der Waals surface area contributed by atoms with Crippen LogP contribution in [0.15, 0.2) is 35.3 Å². The van der Waals surface area contributed by atoms with Crippen LogP contribution in [0.5, 0.6) is 0 Å². The number of halogens is 1. The van der Waals surface area contributed by atoms with Crippen molar-refractivity contribution in [2.45, 2.75) is 25.7 Å². The number of ether oxygens (including phenoxy) is 1. The van der Waals surface area contributed by atoms with Gasteiger partial charge in [0.1, 0.15) is 0 Å². The van der Waals surface area contributed by atoms with E-state index < -0.39 is 0 Å². The fourth-order valence-corrected chi connectivity index (χ4v) is 3.43. The van der Waals surface area contributed by atoms with Gasteiger partial charge in [-0.15, -0.1) is 24.0 Å². The summed E-state index contributed by atoms with van der Waals surface area (Å²) >= 11 is 0. The molecule has 1 N–H and O–H groups in total. The molecule has 1 aromatic rings. The first kappa shape index (κ1) is 19.5. The lowest BCUT2D eigenvalue weighted by atomic mass is 10.1. The van der Waals surface area contributed by atoms with Crippen LogP contribution < -0.4 is 5.32 Å². The van der Waals surface area contributed by atoms with Crippen LogP contribution >= 0.6 is 24.0 Å². The molecule has 3 atom stereocenters. The van der Waals surface area contributed by atoms with Gasteiger partial charge in [0.15, 0.2) is 5.96 Å². The maximum atomic E-state index is 5.48. The van der Waals surface area contributed by atoms with Crippen LogP contribution in [0, 0.1) is 11.8 Å². The first-order chi connectivity index (χ1) is 11.3. The van der Waals surface area contributed by atoms with Crippen molar-refractivity contribution in [1.82, 2.24) is 10.2 Å². The third-order valence-electron chi connectivity index (χ3n) is 4.88. The van der Waals surface area contributed by atoms with Crippen molar-refractivity contribution >= 4 is 29.9 Å². The highest BCUT2D eigenvalue weighted by atomic mass is 127. The van der Waals surface area contributed by atoms with Gasteiger partial charge in [0.25, 0.3) is 0 Å². The van der Waals surface area contributed by atoms with Gasteiger partial charge >= 0.3 is 0 Å². The molecule has 24 heavy (non-hydrogen) atoms. The number of benzene rings is 1. The van der Waals surface area contributed by atoms with E-state index >= 15 is 0 Å². The molecule has 1 aromatic carbocycles. The molecule has 1 saturated heterocycles. The summed E-state index contributed by atoms with van der Waals surface area (Å²) in [5.74, 6) is 3.09. The summed E-state index contributed by atoms with van der Waals surface area (Å²) in [4.78, 5) is 7.15. The molecule has 0 aromatic heterocycles. The molecule has 3 unspecified atom stereocenters. The molecule has 5 heteroatoms. The molecule has 3 rings (SSSR count). The van der Waals surface area contributed by atoms with Gasteiger partial charge in [0, 0.05) is 39.2 Å². The fourth-order valence-electron chi connectivity index (χ4n) is 3.43. The Bertz CT molecular complexity index is 517. The molecule has 2 aliphatic rings. The van der Waals surface area contributed by atoms with E-state index in [9.17, 15) is 0 Å². The Labute approximate surface area is 163 Å². The minimum atomic E-state index is 0. The monoisotopic (exact) mass is 443 g/mol. The van der Waals surface area contributed by atoms with E-state index in [0.29, 0.717) is 17.8 Å². The summed E-state index contributed by atoms with van der Waals surface area (Å²) in [5.41, 5.74) is 1.47. The van der Waals surface area contributed by atoms with Gasteiger partial charge in [-0.25, -0.2) is 0 Å². The summed E-state index contributed by atoms with van der Waals surface area (Å²) in [6.07, 6.45) is 2.44. The number of nitrogens with one attached hydrogen (secondary N) is 1. The van der Waals surface area contributed by atoms with E-state index in [1.54, 1.807) is 0 Å². The van der Waals surface area contributed by atoms with Gasteiger partial charge in [-0.2, -0.15) is 0 Å². The Morgan fingerprint density at radius 1 is 1.33 bits per heavy atom. The lowest BCUT2D eigenvalue weighted by molar-refractivity contribution is 0.181. The maximum Gasteiger partial charge on any atom is 0.193 e. The van der Waals surface area contributed by atoms with E-state index in [4.69, 9.17) is 9.73 Å². The zero-order valence-corrected chi connectivity index (χ0v) is 17.1. The van der Waals surface area contributed by atoms with Gasteiger partial charge in [0.2, 0.25) is 0 Å². The quantitative estimate of drug-likeness (QED) is 0.416. The number of rotatable bonds is 6. The van der Waals surface area contributed by atoms with Crippen molar-refractivity contribution in [1.29, 1.82) is 0 Å². The van der Waals surface area contributed by atoms with Crippen LogP contribution in [-0.2, 0) is 4.74 Å². The standard InChI is InChI=1S/C19H29N3O.HI/c1-3-20-19(22(2)13-15-9-10-23-14-15)21-12-17-11-18(17)16-7-5-4-6-8-16;/h4-8,15,17-18H,3,9-14H2,1-2H3,(H,20,21);1H. The third kappa shape index (κ3) is 5.34. The van der Waals surface area contributed by atoms with Crippen molar-refractivity contribution in [2.24, 2.45) is 16.8 Å². The summed E-state index contributed by atoms with van der Waals surface area (Å²) in [6.45, 7) is 6.80. The topological polar surface area (TPSA) is 36.9 Å². The fraction of sp³-hybridized carbons (Fsp3) is 0.632. The highest BCUT2D eigenvalue weighted by Crippen LogP contribution is 2.47. The lowest BCUT2D eigenvalue weighted by Crippen LogP contribution is -2.41. The van der Waals surface area contributed by atoms with Crippen LogP contribution in [0.3, 0.4) is 0 Å². The van der Waals surface area contributed by atoms with E-state index in [0.717, 1.165) is 38.8 Å². The zero-order chi connectivity index (χ0) is 16.1. The molecule has 0 bridgehead atoms. The van der Waals surface area contributed by atoms with Crippen LogP contribution in [0.1, 0.15) is 31.2 Å². The van der Waals surface area contributed by atoms with E-state index in [1.165, 1.54) is 18.4 Å². The number of hydrogen-bond acceptors (Lipinski definition) is 2. The lowest BCUT2D eigenvalue weighted by Gasteiger charge is -2.24. The molecule has 1 saturated carbocycles. The Morgan fingerprint density at radius 3 is 2.79 bits per heavy atom. The Balaban J connectivity index is 0.00000208. The van der Waals surface area contributed by atoms with Crippen LogP contribution in [0.2, 0.25) is 0 Å². The van der Waals surface area contributed by atoms with Gasteiger partial charge < -0.3 is 15.0 Å². The molecule has 2 fully saturated rings. The molecule has 0 amide bonds. The highest BCUT2D eigenvalue weighted by Gasteiger charge is 2.37. The maximum absolute atomic E-state index is 5.48.